The van der Waals surface area contributed by atoms with Crippen LogP contribution in [-0.4, -0.2) is 10.1 Å². The molecule has 124 valence electrons. The molecule has 2 aromatic carbocycles. The average molecular weight is 332 g/mol. The van der Waals surface area contributed by atoms with Crippen molar-refractivity contribution in [2.24, 2.45) is 0 Å². The van der Waals surface area contributed by atoms with E-state index in [-0.39, 0.29) is 6.61 Å². The van der Waals surface area contributed by atoms with E-state index in [1.165, 1.54) is 11.1 Å². The molecule has 0 saturated carbocycles. The zero-order valence-electron chi connectivity index (χ0n) is 13.7. The van der Waals surface area contributed by atoms with Crippen molar-refractivity contribution in [2.45, 2.75) is 13.5 Å². The van der Waals surface area contributed by atoms with Crippen LogP contribution in [0.15, 0.2) is 76.1 Å². The quantitative estimate of drug-likeness (QED) is 0.521. The van der Waals surface area contributed by atoms with Crippen molar-refractivity contribution in [2.75, 3.05) is 0 Å². The van der Waals surface area contributed by atoms with E-state index >= 15 is 0 Å². The molecular formula is C20H16N2O3. The van der Waals surface area contributed by atoms with Gasteiger partial charge in [0.2, 0.25) is 5.82 Å². The summed E-state index contributed by atoms with van der Waals surface area (Å²) >= 11 is 0. The molecule has 25 heavy (non-hydrogen) atoms. The largest absolute Gasteiger partial charge is 0.484 e. The number of benzene rings is 2. The summed E-state index contributed by atoms with van der Waals surface area (Å²) in [6.07, 6.45) is 3.14. The number of aromatic nitrogens is 2. The highest BCUT2D eigenvalue weighted by molar-refractivity contribution is 5.64. The van der Waals surface area contributed by atoms with Crippen LogP contribution in [0.4, 0.5) is 0 Å². The Morgan fingerprint density at radius 2 is 1.60 bits per heavy atom. The van der Waals surface area contributed by atoms with Gasteiger partial charge in [0.05, 0.1) is 11.8 Å². The van der Waals surface area contributed by atoms with Gasteiger partial charge in [-0.1, -0.05) is 47.1 Å². The van der Waals surface area contributed by atoms with E-state index in [1.807, 2.05) is 24.3 Å². The van der Waals surface area contributed by atoms with Gasteiger partial charge in [-0.15, -0.1) is 0 Å². The number of hydrogen-bond donors (Lipinski definition) is 0. The predicted octanol–water partition coefficient (Wildman–Crippen LogP) is 4.88. The molecule has 0 saturated heterocycles. The van der Waals surface area contributed by atoms with Gasteiger partial charge in [-0.05, 0) is 36.2 Å². The van der Waals surface area contributed by atoms with Crippen LogP contribution >= 0.6 is 0 Å². The first-order chi connectivity index (χ1) is 12.3. The minimum atomic E-state index is 0.217. The van der Waals surface area contributed by atoms with Crippen LogP contribution in [0.3, 0.4) is 0 Å². The number of nitrogens with zero attached hydrogens (tertiary/aromatic N) is 2. The lowest BCUT2D eigenvalue weighted by Crippen LogP contribution is -1.95. The van der Waals surface area contributed by atoms with Crippen LogP contribution in [0, 0.1) is 6.92 Å². The highest BCUT2D eigenvalue weighted by Crippen LogP contribution is 2.23. The summed E-state index contributed by atoms with van der Waals surface area (Å²) < 4.78 is 15.9. The summed E-state index contributed by atoms with van der Waals surface area (Å²) in [5, 5.41) is 3.91. The third-order valence-corrected chi connectivity index (χ3v) is 3.85. The fraction of sp³-hybridized carbons (Fsp3) is 0.100. The molecule has 0 unspecified atom stereocenters. The second-order valence-electron chi connectivity index (χ2n) is 5.70. The lowest BCUT2D eigenvalue weighted by Gasteiger charge is -2.06. The Morgan fingerprint density at radius 1 is 0.880 bits per heavy atom. The van der Waals surface area contributed by atoms with Crippen LogP contribution in [0.1, 0.15) is 11.5 Å². The van der Waals surface area contributed by atoms with E-state index in [9.17, 15) is 0 Å². The zero-order valence-corrected chi connectivity index (χ0v) is 13.7. The van der Waals surface area contributed by atoms with E-state index < -0.39 is 0 Å². The zero-order chi connectivity index (χ0) is 17.1. The van der Waals surface area contributed by atoms with Crippen molar-refractivity contribution in [1.29, 1.82) is 0 Å². The standard InChI is InChI=1S/C20H16N2O3/c1-14-2-4-15(5-3-14)16-6-8-18(9-7-16)24-13-19-21-20(22-25-19)17-10-11-23-12-17/h2-12H,13H2,1H3. The Bertz CT molecular complexity index is 940. The Morgan fingerprint density at radius 3 is 2.28 bits per heavy atom. The van der Waals surface area contributed by atoms with E-state index in [0.717, 1.165) is 16.9 Å². The first kappa shape index (κ1) is 15.2. The van der Waals surface area contributed by atoms with Crippen LogP contribution in [0.25, 0.3) is 22.5 Å². The van der Waals surface area contributed by atoms with Gasteiger partial charge in [0.15, 0.2) is 6.61 Å². The third-order valence-electron chi connectivity index (χ3n) is 3.85. The van der Waals surface area contributed by atoms with E-state index in [1.54, 1.807) is 18.6 Å². The highest BCUT2D eigenvalue weighted by Gasteiger charge is 2.10. The summed E-state index contributed by atoms with van der Waals surface area (Å²) in [7, 11) is 0. The van der Waals surface area contributed by atoms with Gasteiger partial charge < -0.3 is 13.7 Å². The van der Waals surface area contributed by atoms with E-state index in [4.69, 9.17) is 13.7 Å². The molecular weight excluding hydrogens is 316 g/mol. The first-order valence-corrected chi connectivity index (χ1v) is 7.93. The Hall–Kier alpha value is -3.34. The molecule has 0 amide bonds. The molecule has 0 aliphatic heterocycles. The fourth-order valence-electron chi connectivity index (χ4n) is 2.46. The van der Waals surface area contributed by atoms with Gasteiger partial charge in [0.1, 0.15) is 12.0 Å². The first-order valence-electron chi connectivity index (χ1n) is 7.93. The van der Waals surface area contributed by atoms with Crippen molar-refractivity contribution >= 4 is 0 Å². The summed E-state index contributed by atoms with van der Waals surface area (Å²) in [6, 6.07) is 18.1. The Balaban J connectivity index is 1.41. The molecule has 4 aromatic rings. The van der Waals surface area contributed by atoms with Gasteiger partial charge >= 0.3 is 0 Å². The smallest absolute Gasteiger partial charge is 0.264 e. The Kier molecular flexibility index (Phi) is 4.04. The van der Waals surface area contributed by atoms with Crippen molar-refractivity contribution in [1.82, 2.24) is 10.1 Å². The number of rotatable bonds is 5. The van der Waals surface area contributed by atoms with E-state index in [0.29, 0.717) is 11.7 Å². The fourth-order valence-corrected chi connectivity index (χ4v) is 2.46. The highest BCUT2D eigenvalue weighted by atomic mass is 16.5. The number of aryl methyl sites for hydroxylation is 1. The maximum atomic E-state index is 5.71. The minimum absolute atomic E-state index is 0.217. The Labute approximate surface area is 144 Å². The van der Waals surface area contributed by atoms with Crippen LogP contribution in [-0.2, 0) is 6.61 Å². The van der Waals surface area contributed by atoms with Crippen molar-refractivity contribution in [3.05, 3.63) is 78.6 Å². The molecule has 0 bridgehead atoms. The van der Waals surface area contributed by atoms with Gasteiger partial charge in [-0.3, -0.25) is 0 Å². The maximum absolute atomic E-state index is 5.71. The normalized spacial score (nSPS) is 10.8. The molecule has 5 nitrogen and oxygen atoms in total. The number of hydrogen-bond acceptors (Lipinski definition) is 5. The van der Waals surface area contributed by atoms with Gasteiger partial charge in [-0.25, -0.2) is 0 Å². The lowest BCUT2D eigenvalue weighted by atomic mass is 10.0. The van der Waals surface area contributed by atoms with E-state index in [2.05, 4.69) is 41.3 Å². The summed E-state index contributed by atoms with van der Waals surface area (Å²) in [4.78, 5) is 4.28. The molecule has 0 aliphatic carbocycles. The molecule has 0 spiro atoms. The molecule has 0 atom stereocenters. The van der Waals surface area contributed by atoms with Crippen LogP contribution in [0.5, 0.6) is 5.75 Å². The molecule has 0 N–H and O–H groups in total. The third kappa shape index (κ3) is 3.45. The molecule has 0 radical (unpaired) electrons. The number of ether oxygens (including phenoxy) is 1. The summed E-state index contributed by atoms with van der Waals surface area (Å²) in [6.45, 7) is 2.30. The predicted molar refractivity (Wildman–Crippen MR) is 92.9 cm³/mol. The van der Waals surface area contributed by atoms with Crippen LogP contribution < -0.4 is 4.74 Å². The second-order valence-corrected chi connectivity index (χ2v) is 5.70. The topological polar surface area (TPSA) is 61.3 Å². The molecule has 4 rings (SSSR count). The average Bonchev–Trinajstić information content (AvgIpc) is 3.33. The summed E-state index contributed by atoms with van der Waals surface area (Å²) in [5.74, 6) is 1.65. The lowest BCUT2D eigenvalue weighted by molar-refractivity contribution is 0.243. The van der Waals surface area contributed by atoms with Crippen molar-refractivity contribution in [3.8, 4) is 28.3 Å². The van der Waals surface area contributed by atoms with Crippen molar-refractivity contribution < 1.29 is 13.7 Å². The van der Waals surface area contributed by atoms with Gasteiger partial charge in [-0.2, -0.15) is 4.98 Å². The minimum Gasteiger partial charge on any atom is -0.484 e. The maximum Gasteiger partial charge on any atom is 0.264 e. The monoisotopic (exact) mass is 332 g/mol. The van der Waals surface area contributed by atoms with Gasteiger partial charge in [0.25, 0.3) is 5.89 Å². The molecule has 2 heterocycles. The molecule has 5 heteroatoms. The van der Waals surface area contributed by atoms with Gasteiger partial charge in [0, 0.05) is 0 Å². The molecule has 0 aliphatic rings. The molecule has 0 fully saturated rings. The van der Waals surface area contributed by atoms with Crippen LogP contribution in [0.2, 0.25) is 0 Å². The number of furan rings is 1. The SMILES string of the molecule is Cc1ccc(-c2ccc(OCc3nc(-c4ccoc4)no3)cc2)cc1. The summed E-state index contributed by atoms with van der Waals surface area (Å²) in [5.41, 5.74) is 4.35. The molecule has 2 aromatic heterocycles. The second kappa shape index (κ2) is 6.65. The van der Waals surface area contributed by atoms with Crippen molar-refractivity contribution in [3.63, 3.8) is 0 Å².